The molecule has 3 aromatic heterocycles. The van der Waals surface area contributed by atoms with Crippen molar-refractivity contribution in [1.82, 2.24) is 34.7 Å². The molecule has 1 N–H and O–H groups in total. The normalized spacial score (nSPS) is 11.4. The van der Waals surface area contributed by atoms with Crippen molar-refractivity contribution in [3.8, 4) is 22.6 Å². The summed E-state index contributed by atoms with van der Waals surface area (Å²) in [5.74, 6) is 0.580. The Kier molecular flexibility index (Phi) is 6.82. The highest BCUT2D eigenvalue weighted by molar-refractivity contribution is 5.76. The van der Waals surface area contributed by atoms with E-state index in [1.54, 1.807) is 6.20 Å². The summed E-state index contributed by atoms with van der Waals surface area (Å²) >= 11 is 0. The number of imidazole rings is 1. The summed E-state index contributed by atoms with van der Waals surface area (Å²) in [5, 5.41) is 14.2. The van der Waals surface area contributed by atoms with E-state index in [0.717, 1.165) is 53.0 Å². The average Bonchev–Trinajstić information content (AvgIpc) is 3.43. The van der Waals surface area contributed by atoms with Gasteiger partial charge in [-0.05, 0) is 61.7 Å². The lowest BCUT2D eigenvalue weighted by Gasteiger charge is -2.10. The van der Waals surface area contributed by atoms with Crippen LogP contribution in [0.4, 0.5) is 0 Å². The van der Waals surface area contributed by atoms with Crippen LogP contribution in [0, 0.1) is 6.92 Å². The van der Waals surface area contributed by atoms with Gasteiger partial charge in [0.2, 0.25) is 0 Å². The van der Waals surface area contributed by atoms with E-state index in [1.165, 1.54) is 6.42 Å². The van der Waals surface area contributed by atoms with Crippen LogP contribution in [-0.2, 0) is 13.0 Å². The molecule has 0 unspecified atom stereocenters. The van der Waals surface area contributed by atoms with Crippen LogP contribution >= 0.6 is 0 Å². The van der Waals surface area contributed by atoms with E-state index in [4.69, 9.17) is 0 Å². The molecule has 3 heterocycles. The van der Waals surface area contributed by atoms with Gasteiger partial charge in [0.1, 0.15) is 0 Å². The van der Waals surface area contributed by atoms with Crippen LogP contribution in [0.25, 0.3) is 22.6 Å². The highest BCUT2D eigenvalue weighted by Crippen LogP contribution is 2.28. The highest BCUT2D eigenvalue weighted by Gasteiger charge is 2.19. The summed E-state index contributed by atoms with van der Waals surface area (Å²) in [6.45, 7) is 8.97. The van der Waals surface area contributed by atoms with Crippen LogP contribution in [-0.4, -0.2) is 34.7 Å². The minimum Gasteiger partial charge on any atom is -0.294 e. The van der Waals surface area contributed by atoms with Crippen LogP contribution < -0.4 is 5.69 Å². The lowest BCUT2D eigenvalue weighted by molar-refractivity contribution is 0.550. The second-order valence-electron chi connectivity index (χ2n) is 8.67. The van der Waals surface area contributed by atoms with Gasteiger partial charge in [0.05, 0.1) is 12.2 Å². The fourth-order valence-corrected chi connectivity index (χ4v) is 4.40. The number of rotatable bonds is 9. The monoisotopic (exact) mass is 445 g/mol. The molecule has 0 saturated heterocycles. The number of tetrazole rings is 1. The second kappa shape index (κ2) is 9.94. The minimum absolute atomic E-state index is 0.0721. The van der Waals surface area contributed by atoms with Gasteiger partial charge >= 0.3 is 5.69 Å². The van der Waals surface area contributed by atoms with Crippen molar-refractivity contribution in [2.75, 3.05) is 0 Å². The van der Waals surface area contributed by atoms with E-state index in [0.29, 0.717) is 12.4 Å². The standard InChI is InChI=1S/C25H31N7O/c1-5-6-7-10-22-18(4)32(17(2)3)25(33)31(22)16-19-11-13-20(14-12-19)23-21(9-8-15-26-23)24-27-29-30-28-24/h8-9,11-15,17H,5-7,10,16H2,1-4H3,(H,27,28,29,30). The van der Waals surface area contributed by atoms with Crippen molar-refractivity contribution in [1.29, 1.82) is 0 Å². The molecule has 0 radical (unpaired) electrons. The first-order valence-corrected chi connectivity index (χ1v) is 11.6. The predicted octanol–water partition coefficient (Wildman–Crippen LogP) is 4.56. The summed E-state index contributed by atoms with van der Waals surface area (Å²) in [4.78, 5) is 17.8. The zero-order valence-electron chi connectivity index (χ0n) is 19.7. The Labute approximate surface area is 193 Å². The summed E-state index contributed by atoms with van der Waals surface area (Å²) < 4.78 is 3.87. The van der Waals surface area contributed by atoms with Crippen molar-refractivity contribution in [3.05, 3.63) is 70.0 Å². The van der Waals surface area contributed by atoms with Crippen molar-refractivity contribution >= 4 is 0 Å². The fourth-order valence-electron chi connectivity index (χ4n) is 4.40. The second-order valence-corrected chi connectivity index (χ2v) is 8.67. The molecule has 0 spiro atoms. The van der Waals surface area contributed by atoms with E-state index in [1.807, 2.05) is 33.4 Å². The maximum atomic E-state index is 13.2. The Morgan fingerprint density at radius 2 is 1.88 bits per heavy atom. The number of aromatic amines is 1. The quantitative estimate of drug-likeness (QED) is 0.381. The van der Waals surface area contributed by atoms with Gasteiger partial charge in [-0.1, -0.05) is 44.0 Å². The molecule has 0 aliphatic rings. The van der Waals surface area contributed by atoms with E-state index in [9.17, 15) is 4.79 Å². The van der Waals surface area contributed by atoms with Crippen LogP contribution in [0.1, 0.15) is 63.0 Å². The first-order chi connectivity index (χ1) is 16.0. The summed E-state index contributed by atoms with van der Waals surface area (Å²) in [5.41, 5.74) is 6.01. The fraction of sp³-hybridized carbons (Fsp3) is 0.400. The Bertz CT molecular complexity index is 1250. The molecule has 172 valence electrons. The summed E-state index contributed by atoms with van der Waals surface area (Å²) in [6, 6.07) is 12.2. The van der Waals surface area contributed by atoms with E-state index in [-0.39, 0.29) is 11.7 Å². The molecular weight excluding hydrogens is 414 g/mol. The van der Waals surface area contributed by atoms with Crippen LogP contribution in [0.5, 0.6) is 0 Å². The molecule has 0 aliphatic heterocycles. The van der Waals surface area contributed by atoms with Gasteiger partial charge in [-0.15, -0.1) is 5.10 Å². The molecule has 4 aromatic rings. The first kappa shape index (κ1) is 22.6. The number of aromatic nitrogens is 7. The molecule has 0 amide bonds. The van der Waals surface area contributed by atoms with Crippen molar-refractivity contribution < 1.29 is 0 Å². The number of nitrogens with one attached hydrogen (secondary N) is 1. The molecule has 0 fully saturated rings. The van der Waals surface area contributed by atoms with Crippen LogP contribution in [0.15, 0.2) is 47.4 Å². The van der Waals surface area contributed by atoms with Crippen molar-refractivity contribution in [3.63, 3.8) is 0 Å². The molecule has 0 atom stereocenters. The first-order valence-electron chi connectivity index (χ1n) is 11.6. The molecule has 33 heavy (non-hydrogen) atoms. The molecule has 0 bridgehead atoms. The third kappa shape index (κ3) is 4.65. The van der Waals surface area contributed by atoms with Gasteiger partial charge in [-0.2, -0.15) is 0 Å². The zero-order valence-corrected chi connectivity index (χ0v) is 19.7. The molecular formula is C25H31N7O. The number of pyridine rings is 1. The highest BCUT2D eigenvalue weighted by atomic mass is 16.1. The Morgan fingerprint density at radius 3 is 2.55 bits per heavy atom. The molecule has 4 rings (SSSR count). The van der Waals surface area contributed by atoms with Crippen LogP contribution in [0.3, 0.4) is 0 Å². The van der Waals surface area contributed by atoms with Gasteiger partial charge in [-0.3, -0.25) is 14.1 Å². The van der Waals surface area contributed by atoms with E-state index in [2.05, 4.69) is 65.4 Å². The Balaban J connectivity index is 1.65. The molecule has 0 saturated carbocycles. The van der Waals surface area contributed by atoms with Crippen LogP contribution in [0.2, 0.25) is 0 Å². The van der Waals surface area contributed by atoms with E-state index < -0.39 is 0 Å². The maximum absolute atomic E-state index is 13.2. The molecule has 0 aliphatic carbocycles. The van der Waals surface area contributed by atoms with Gasteiger partial charge in [0.25, 0.3) is 0 Å². The predicted molar refractivity (Wildman–Crippen MR) is 129 cm³/mol. The largest absolute Gasteiger partial charge is 0.329 e. The van der Waals surface area contributed by atoms with Gasteiger partial charge in [0.15, 0.2) is 5.82 Å². The van der Waals surface area contributed by atoms with Gasteiger partial charge < -0.3 is 0 Å². The third-order valence-corrected chi connectivity index (χ3v) is 6.05. The molecule has 8 heteroatoms. The average molecular weight is 446 g/mol. The van der Waals surface area contributed by atoms with Crippen molar-refractivity contribution in [2.45, 2.75) is 66.0 Å². The molecule has 8 nitrogen and oxygen atoms in total. The Morgan fingerprint density at radius 1 is 1.09 bits per heavy atom. The number of H-pyrrole nitrogens is 1. The summed E-state index contributed by atoms with van der Waals surface area (Å²) in [6.07, 6.45) is 6.11. The summed E-state index contributed by atoms with van der Waals surface area (Å²) in [7, 11) is 0. The number of nitrogens with zero attached hydrogens (tertiary/aromatic N) is 6. The lowest BCUT2D eigenvalue weighted by atomic mass is 10.0. The Hall–Kier alpha value is -3.55. The van der Waals surface area contributed by atoms with Crippen molar-refractivity contribution in [2.24, 2.45) is 0 Å². The van der Waals surface area contributed by atoms with Gasteiger partial charge in [0, 0.05) is 34.8 Å². The lowest BCUT2D eigenvalue weighted by Crippen LogP contribution is -2.27. The SMILES string of the molecule is CCCCCc1c(C)n(C(C)C)c(=O)n1Cc1ccc(-c2ncccc2-c2nnn[nH]2)cc1. The number of hydrogen-bond acceptors (Lipinski definition) is 5. The van der Waals surface area contributed by atoms with E-state index >= 15 is 0 Å². The minimum atomic E-state index is 0.0721. The smallest absolute Gasteiger partial charge is 0.294 e. The third-order valence-electron chi connectivity index (χ3n) is 6.05. The zero-order chi connectivity index (χ0) is 23.4. The maximum Gasteiger partial charge on any atom is 0.329 e. The number of hydrogen-bond donors (Lipinski definition) is 1. The number of unbranched alkanes of at least 4 members (excludes halogenated alkanes) is 2. The van der Waals surface area contributed by atoms with Gasteiger partial charge in [-0.25, -0.2) is 9.89 Å². The topological polar surface area (TPSA) is 94.3 Å². The number of benzene rings is 1. The molecule has 1 aromatic carbocycles.